The zero-order valence-electron chi connectivity index (χ0n) is 10.3. The minimum atomic E-state index is 0.680. The molecule has 3 nitrogen and oxygen atoms in total. The lowest BCUT2D eigenvalue weighted by Gasteiger charge is -2.19. The van der Waals surface area contributed by atoms with Crippen molar-refractivity contribution >= 4 is 0 Å². The van der Waals surface area contributed by atoms with E-state index in [4.69, 9.17) is 0 Å². The third-order valence-corrected chi connectivity index (χ3v) is 2.99. The number of aryl methyl sites for hydroxylation is 1. The molecular formula is C12H23N3. The SMILES string of the molecule is CCNCC(C)C(C)Cc1ccn(C)n1. The highest BCUT2D eigenvalue weighted by Gasteiger charge is 2.13. The Morgan fingerprint density at radius 2 is 2.13 bits per heavy atom. The minimum absolute atomic E-state index is 0.680. The first kappa shape index (κ1) is 12.2. The zero-order chi connectivity index (χ0) is 11.3. The first-order valence-corrected chi connectivity index (χ1v) is 5.82. The summed E-state index contributed by atoms with van der Waals surface area (Å²) in [7, 11) is 1.97. The van der Waals surface area contributed by atoms with E-state index in [0.717, 1.165) is 19.5 Å². The Kier molecular flexibility index (Phi) is 4.82. The van der Waals surface area contributed by atoms with E-state index in [0.29, 0.717) is 11.8 Å². The molecule has 1 aromatic rings. The molecule has 2 unspecified atom stereocenters. The molecule has 3 heteroatoms. The van der Waals surface area contributed by atoms with Crippen molar-refractivity contribution < 1.29 is 0 Å². The van der Waals surface area contributed by atoms with Gasteiger partial charge in [-0.2, -0.15) is 5.10 Å². The van der Waals surface area contributed by atoms with Gasteiger partial charge < -0.3 is 5.32 Å². The number of nitrogens with one attached hydrogen (secondary N) is 1. The van der Waals surface area contributed by atoms with Gasteiger partial charge in [-0.1, -0.05) is 20.8 Å². The molecule has 0 radical (unpaired) electrons. The molecule has 0 saturated carbocycles. The Balaban J connectivity index is 2.37. The molecule has 0 aliphatic rings. The van der Waals surface area contributed by atoms with Crippen LogP contribution in [0.1, 0.15) is 26.5 Å². The van der Waals surface area contributed by atoms with E-state index >= 15 is 0 Å². The lowest BCUT2D eigenvalue weighted by molar-refractivity contribution is 0.365. The fourth-order valence-corrected chi connectivity index (χ4v) is 1.68. The maximum absolute atomic E-state index is 4.41. The topological polar surface area (TPSA) is 29.9 Å². The lowest BCUT2D eigenvalue weighted by Crippen LogP contribution is -2.26. The van der Waals surface area contributed by atoms with Crippen LogP contribution in [-0.4, -0.2) is 22.9 Å². The number of nitrogens with zero attached hydrogens (tertiary/aromatic N) is 2. The number of aromatic nitrogens is 2. The molecule has 0 amide bonds. The van der Waals surface area contributed by atoms with Crippen LogP contribution in [0.4, 0.5) is 0 Å². The Labute approximate surface area is 92.9 Å². The van der Waals surface area contributed by atoms with Crippen molar-refractivity contribution in [2.75, 3.05) is 13.1 Å². The molecule has 0 aromatic carbocycles. The summed E-state index contributed by atoms with van der Waals surface area (Å²) in [6, 6.07) is 2.11. The van der Waals surface area contributed by atoms with Gasteiger partial charge in [0.1, 0.15) is 0 Å². The molecule has 0 fully saturated rings. The van der Waals surface area contributed by atoms with Gasteiger partial charge in [-0.3, -0.25) is 4.68 Å². The smallest absolute Gasteiger partial charge is 0.0627 e. The second-order valence-electron chi connectivity index (χ2n) is 4.45. The van der Waals surface area contributed by atoms with Gasteiger partial charge in [0.05, 0.1) is 5.69 Å². The Morgan fingerprint density at radius 3 is 2.67 bits per heavy atom. The van der Waals surface area contributed by atoms with E-state index in [1.807, 2.05) is 17.9 Å². The fraction of sp³-hybridized carbons (Fsp3) is 0.750. The molecule has 0 aliphatic carbocycles. The zero-order valence-corrected chi connectivity index (χ0v) is 10.3. The third-order valence-electron chi connectivity index (χ3n) is 2.99. The molecular weight excluding hydrogens is 186 g/mol. The van der Waals surface area contributed by atoms with E-state index in [9.17, 15) is 0 Å². The van der Waals surface area contributed by atoms with Crippen LogP contribution < -0.4 is 5.32 Å². The van der Waals surface area contributed by atoms with Gasteiger partial charge in [-0.15, -0.1) is 0 Å². The second-order valence-corrected chi connectivity index (χ2v) is 4.45. The van der Waals surface area contributed by atoms with Crippen LogP contribution in [0.5, 0.6) is 0 Å². The van der Waals surface area contributed by atoms with E-state index in [1.165, 1.54) is 5.69 Å². The molecule has 1 rings (SSSR count). The highest BCUT2D eigenvalue weighted by Crippen LogP contribution is 2.15. The Hall–Kier alpha value is -0.830. The predicted octanol–water partition coefficient (Wildman–Crippen LogP) is 1.84. The molecule has 15 heavy (non-hydrogen) atoms. The van der Waals surface area contributed by atoms with Crippen LogP contribution >= 0.6 is 0 Å². The molecule has 2 atom stereocenters. The maximum Gasteiger partial charge on any atom is 0.0627 e. The number of rotatable bonds is 6. The largest absolute Gasteiger partial charge is 0.317 e. The molecule has 0 saturated heterocycles. The van der Waals surface area contributed by atoms with Gasteiger partial charge in [0.15, 0.2) is 0 Å². The van der Waals surface area contributed by atoms with Gasteiger partial charge >= 0.3 is 0 Å². The second kappa shape index (κ2) is 5.91. The third kappa shape index (κ3) is 4.04. The van der Waals surface area contributed by atoms with Crippen LogP contribution in [0.25, 0.3) is 0 Å². The predicted molar refractivity (Wildman–Crippen MR) is 63.8 cm³/mol. The van der Waals surface area contributed by atoms with Gasteiger partial charge in [0.25, 0.3) is 0 Å². The first-order valence-electron chi connectivity index (χ1n) is 5.82. The van der Waals surface area contributed by atoms with Crippen molar-refractivity contribution in [1.29, 1.82) is 0 Å². The van der Waals surface area contributed by atoms with E-state index in [-0.39, 0.29) is 0 Å². The lowest BCUT2D eigenvalue weighted by atomic mass is 9.91. The van der Waals surface area contributed by atoms with E-state index < -0.39 is 0 Å². The van der Waals surface area contributed by atoms with Crippen molar-refractivity contribution in [2.24, 2.45) is 18.9 Å². The number of hydrogen-bond donors (Lipinski definition) is 1. The molecule has 1 N–H and O–H groups in total. The summed E-state index contributed by atoms with van der Waals surface area (Å²) < 4.78 is 1.87. The highest BCUT2D eigenvalue weighted by molar-refractivity contribution is 4.99. The van der Waals surface area contributed by atoms with E-state index in [1.54, 1.807) is 0 Å². The van der Waals surface area contributed by atoms with Crippen molar-refractivity contribution in [3.8, 4) is 0 Å². The molecule has 0 spiro atoms. The van der Waals surface area contributed by atoms with Gasteiger partial charge in [-0.25, -0.2) is 0 Å². The quantitative estimate of drug-likeness (QED) is 0.775. The van der Waals surface area contributed by atoms with Crippen LogP contribution in [0, 0.1) is 11.8 Å². The normalized spacial score (nSPS) is 15.2. The van der Waals surface area contributed by atoms with Crippen LogP contribution in [0.15, 0.2) is 12.3 Å². The summed E-state index contributed by atoms with van der Waals surface area (Å²) >= 11 is 0. The fourth-order valence-electron chi connectivity index (χ4n) is 1.68. The standard InChI is InChI=1S/C12H23N3/c1-5-13-9-11(3)10(2)8-12-6-7-15(4)14-12/h6-7,10-11,13H,5,8-9H2,1-4H3. The first-order chi connectivity index (χ1) is 7.13. The van der Waals surface area contributed by atoms with E-state index in [2.05, 4.69) is 37.3 Å². The average molecular weight is 209 g/mol. The summed E-state index contributed by atoms with van der Waals surface area (Å²) in [6.45, 7) is 8.91. The Morgan fingerprint density at radius 1 is 1.40 bits per heavy atom. The van der Waals surface area contributed by atoms with Crippen molar-refractivity contribution in [3.05, 3.63) is 18.0 Å². The summed E-state index contributed by atoms with van der Waals surface area (Å²) in [6.07, 6.45) is 3.09. The maximum atomic E-state index is 4.41. The van der Waals surface area contributed by atoms with Crippen molar-refractivity contribution in [2.45, 2.75) is 27.2 Å². The number of hydrogen-bond acceptors (Lipinski definition) is 2. The van der Waals surface area contributed by atoms with Crippen LogP contribution in [0.3, 0.4) is 0 Å². The monoisotopic (exact) mass is 209 g/mol. The Bertz CT molecular complexity index is 280. The molecule has 1 aromatic heterocycles. The molecule has 1 heterocycles. The minimum Gasteiger partial charge on any atom is -0.317 e. The molecule has 86 valence electrons. The van der Waals surface area contributed by atoms with Crippen molar-refractivity contribution in [1.82, 2.24) is 15.1 Å². The van der Waals surface area contributed by atoms with Gasteiger partial charge in [0.2, 0.25) is 0 Å². The molecule has 0 bridgehead atoms. The summed E-state index contributed by atoms with van der Waals surface area (Å²) in [5.41, 5.74) is 1.20. The van der Waals surface area contributed by atoms with Gasteiger partial charge in [-0.05, 0) is 37.4 Å². The summed E-state index contributed by atoms with van der Waals surface area (Å²) in [5.74, 6) is 1.38. The highest BCUT2D eigenvalue weighted by atomic mass is 15.2. The van der Waals surface area contributed by atoms with Crippen molar-refractivity contribution in [3.63, 3.8) is 0 Å². The summed E-state index contributed by atoms with van der Waals surface area (Å²) in [4.78, 5) is 0. The molecule has 0 aliphatic heterocycles. The van der Waals surface area contributed by atoms with Crippen LogP contribution in [-0.2, 0) is 13.5 Å². The average Bonchev–Trinajstić information content (AvgIpc) is 2.60. The van der Waals surface area contributed by atoms with Crippen LogP contribution in [0.2, 0.25) is 0 Å². The summed E-state index contributed by atoms with van der Waals surface area (Å²) in [5, 5.41) is 7.80. The van der Waals surface area contributed by atoms with Gasteiger partial charge in [0, 0.05) is 13.2 Å².